The molecular weight excluding hydrogens is 120 g/mol. The van der Waals surface area contributed by atoms with Gasteiger partial charge in [0.1, 0.15) is 0 Å². The van der Waals surface area contributed by atoms with E-state index in [0.29, 0.717) is 0 Å². The van der Waals surface area contributed by atoms with Crippen LogP contribution in [0.2, 0.25) is 0 Å². The summed E-state index contributed by atoms with van der Waals surface area (Å²) in [5, 5.41) is 8.51. The van der Waals surface area contributed by atoms with Gasteiger partial charge in [0.25, 0.3) is 0 Å². The van der Waals surface area contributed by atoms with E-state index >= 15 is 0 Å². The molecule has 0 spiro atoms. The van der Waals surface area contributed by atoms with Gasteiger partial charge in [-0.15, -0.1) is 0 Å². The molecule has 2 atom stereocenters. The SMILES string of the molecule is COC(=O)[C@@H]1C[C@@H]1CO. The highest BCUT2D eigenvalue weighted by atomic mass is 16.5. The van der Waals surface area contributed by atoms with Gasteiger partial charge in [-0.25, -0.2) is 0 Å². The number of methoxy groups -OCH3 is 1. The van der Waals surface area contributed by atoms with Crippen molar-refractivity contribution in [2.45, 2.75) is 6.42 Å². The van der Waals surface area contributed by atoms with Gasteiger partial charge in [0.15, 0.2) is 0 Å². The largest absolute Gasteiger partial charge is 0.469 e. The van der Waals surface area contributed by atoms with Crippen LogP contribution in [0.25, 0.3) is 0 Å². The number of carbonyl (C=O) groups is 1. The van der Waals surface area contributed by atoms with Gasteiger partial charge in [-0.05, 0) is 12.3 Å². The first-order valence-corrected chi connectivity index (χ1v) is 2.98. The number of hydrogen-bond acceptors (Lipinski definition) is 3. The van der Waals surface area contributed by atoms with Crippen molar-refractivity contribution in [2.24, 2.45) is 11.8 Å². The second-order valence-corrected chi connectivity index (χ2v) is 2.31. The molecule has 3 nitrogen and oxygen atoms in total. The van der Waals surface area contributed by atoms with Crippen molar-refractivity contribution in [3.05, 3.63) is 0 Å². The number of aliphatic hydroxyl groups is 1. The molecule has 1 saturated carbocycles. The third kappa shape index (κ3) is 1.21. The Morgan fingerprint density at radius 3 is 2.89 bits per heavy atom. The zero-order valence-corrected chi connectivity index (χ0v) is 5.33. The Bertz CT molecular complexity index is 121. The number of hydrogen-bond donors (Lipinski definition) is 1. The molecular formula is C6H10O3. The van der Waals surface area contributed by atoms with E-state index in [-0.39, 0.29) is 24.4 Å². The minimum absolute atomic E-state index is 0.0139. The molecule has 52 valence electrons. The van der Waals surface area contributed by atoms with Crippen LogP contribution in [0.1, 0.15) is 6.42 Å². The van der Waals surface area contributed by atoms with Gasteiger partial charge in [0.2, 0.25) is 0 Å². The van der Waals surface area contributed by atoms with Gasteiger partial charge >= 0.3 is 5.97 Å². The van der Waals surface area contributed by atoms with E-state index in [9.17, 15) is 4.79 Å². The lowest BCUT2D eigenvalue weighted by atomic mass is 10.3. The van der Waals surface area contributed by atoms with Crippen LogP contribution in [0.3, 0.4) is 0 Å². The average molecular weight is 130 g/mol. The maximum Gasteiger partial charge on any atom is 0.309 e. The van der Waals surface area contributed by atoms with Crippen LogP contribution >= 0.6 is 0 Å². The van der Waals surface area contributed by atoms with Gasteiger partial charge in [0, 0.05) is 6.61 Å². The lowest BCUT2D eigenvalue weighted by Crippen LogP contribution is -2.05. The minimum atomic E-state index is -0.186. The Morgan fingerprint density at radius 1 is 1.89 bits per heavy atom. The zero-order valence-electron chi connectivity index (χ0n) is 5.33. The minimum Gasteiger partial charge on any atom is -0.469 e. The van der Waals surface area contributed by atoms with E-state index in [1.54, 1.807) is 0 Å². The fraction of sp³-hybridized carbons (Fsp3) is 0.833. The fourth-order valence-electron chi connectivity index (χ4n) is 0.889. The zero-order chi connectivity index (χ0) is 6.85. The molecule has 1 aliphatic rings. The topological polar surface area (TPSA) is 46.5 Å². The first kappa shape index (κ1) is 6.55. The van der Waals surface area contributed by atoms with Crippen LogP contribution in [-0.2, 0) is 9.53 Å². The molecule has 9 heavy (non-hydrogen) atoms. The number of aliphatic hydroxyl groups excluding tert-OH is 1. The first-order valence-electron chi connectivity index (χ1n) is 2.98. The summed E-state index contributed by atoms with van der Waals surface area (Å²) < 4.78 is 4.46. The molecule has 1 rings (SSSR count). The van der Waals surface area contributed by atoms with Crippen LogP contribution < -0.4 is 0 Å². The summed E-state index contributed by atoms with van der Waals surface area (Å²) in [6.07, 6.45) is 0.795. The van der Waals surface area contributed by atoms with E-state index < -0.39 is 0 Å². The van der Waals surface area contributed by atoms with Crippen LogP contribution in [0, 0.1) is 11.8 Å². The van der Waals surface area contributed by atoms with E-state index in [4.69, 9.17) is 5.11 Å². The van der Waals surface area contributed by atoms with Crippen molar-refractivity contribution in [3.8, 4) is 0 Å². The molecule has 0 aromatic rings. The Kier molecular flexibility index (Phi) is 1.71. The van der Waals surface area contributed by atoms with E-state index in [1.165, 1.54) is 7.11 Å². The third-order valence-corrected chi connectivity index (χ3v) is 1.66. The number of rotatable bonds is 2. The van der Waals surface area contributed by atoms with Gasteiger partial charge in [-0.1, -0.05) is 0 Å². The van der Waals surface area contributed by atoms with Gasteiger partial charge in [-0.2, -0.15) is 0 Å². The predicted molar refractivity (Wildman–Crippen MR) is 30.7 cm³/mol. The summed E-state index contributed by atoms with van der Waals surface area (Å²) in [6.45, 7) is 0.111. The molecule has 0 aromatic heterocycles. The highest BCUT2D eigenvalue weighted by molar-refractivity contribution is 5.75. The standard InChI is InChI=1S/C6H10O3/c1-9-6(8)5-2-4(5)3-7/h4-5,7H,2-3H2,1H3/t4-,5-/m1/s1. The molecule has 1 aliphatic carbocycles. The summed E-state index contributed by atoms with van der Waals surface area (Å²) >= 11 is 0. The smallest absolute Gasteiger partial charge is 0.309 e. The van der Waals surface area contributed by atoms with E-state index in [1.807, 2.05) is 0 Å². The summed E-state index contributed by atoms with van der Waals surface area (Å²) in [5.74, 6) is -0.0218. The summed E-state index contributed by atoms with van der Waals surface area (Å²) in [5.41, 5.74) is 0. The Morgan fingerprint density at radius 2 is 2.56 bits per heavy atom. The number of carbonyl (C=O) groups excluding carboxylic acids is 1. The second-order valence-electron chi connectivity index (χ2n) is 2.31. The van der Waals surface area contributed by atoms with E-state index in [0.717, 1.165) is 6.42 Å². The normalized spacial score (nSPS) is 31.8. The van der Waals surface area contributed by atoms with Gasteiger partial charge in [0.05, 0.1) is 13.0 Å². The third-order valence-electron chi connectivity index (χ3n) is 1.66. The Balaban J connectivity index is 2.25. The summed E-state index contributed by atoms with van der Waals surface area (Å²) in [7, 11) is 1.37. The molecule has 0 aliphatic heterocycles. The molecule has 1 fully saturated rings. The predicted octanol–water partition coefficient (Wildman–Crippen LogP) is -0.212. The van der Waals surface area contributed by atoms with Crippen molar-refractivity contribution >= 4 is 5.97 Å². The van der Waals surface area contributed by atoms with Gasteiger partial charge in [-0.3, -0.25) is 4.79 Å². The second kappa shape index (κ2) is 2.35. The van der Waals surface area contributed by atoms with Gasteiger partial charge < -0.3 is 9.84 Å². The molecule has 1 N–H and O–H groups in total. The van der Waals surface area contributed by atoms with Crippen molar-refractivity contribution in [1.29, 1.82) is 0 Å². The fourth-order valence-corrected chi connectivity index (χ4v) is 0.889. The van der Waals surface area contributed by atoms with E-state index in [2.05, 4.69) is 4.74 Å². The van der Waals surface area contributed by atoms with Crippen LogP contribution in [-0.4, -0.2) is 24.8 Å². The maximum absolute atomic E-state index is 10.6. The first-order chi connectivity index (χ1) is 4.29. The Labute approximate surface area is 53.6 Å². The van der Waals surface area contributed by atoms with Crippen molar-refractivity contribution < 1.29 is 14.6 Å². The van der Waals surface area contributed by atoms with Crippen LogP contribution in [0.5, 0.6) is 0 Å². The van der Waals surface area contributed by atoms with Crippen molar-refractivity contribution in [2.75, 3.05) is 13.7 Å². The molecule has 0 aromatic carbocycles. The number of ether oxygens (including phenoxy) is 1. The molecule has 0 radical (unpaired) electrons. The molecule has 0 amide bonds. The number of esters is 1. The summed E-state index contributed by atoms with van der Waals surface area (Å²) in [6, 6.07) is 0. The monoisotopic (exact) mass is 130 g/mol. The van der Waals surface area contributed by atoms with Crippen molar-refractivity contribution in [1.82, 2.24) is 0 Å². The Hall–Kier alpha value is -0.570. The van der Waals surface area contributed by atoms with Crippen LogP contribution in [0.4, 0.5) is 0 Å². The van der Waals surface area contributed by atoms with Crippen molar-refractivity contribution in [3.63, 3.8) is 0 Å². The molecule has 0 heterocycles. The highest BCUT2D eigenvalue weighted by Gasteiger charge is 2.43. The van der Waals surface area contributed by atoms with Crippen LogP contribution in [0.15, 0.2) is 0 Å². The molecule has 0 unspecified atom stereocenters. The highest BCUT2D eigenvalue weighted by Crippen LogP contribution is 2.38. The lowest BCUT2D eigenvalue weighted by molar-refractivity contribution is -0.142. The summed E-state index contributed by atoms with van der Waals surface area (Å²) in [4.78, 5) is 10.6. The lowest BCUT2D eigenvalue weighted by Gasteiger charge is -1.93. The average Bonchev–Trinajstić information content (AvgIpc) is 2.64. The quantitative estimate of drug-likeness (QED) is 0.526. The molecule has 3 heteroatoms. The maximum atomic E-state index is 10.6. The molecule has 0 saturated heterocycles. The molecule has 0 bridgehead atoms.